The molecule has 5 aromatic rings. The van der Waals surface area contributed by atoms with Gasteiger partial charge in [0.05, 0.1) is 43.0 Å². The Morgan fingerprint density at radius 2 is 1.04 bits per heavy atom. The molecule has 0 N–H and O–H groups in total. The molecule has 0 radical (unpaired) electrons. The summed E-state index contributed by atoms with van der Waals surface area (Å²) in [6, 6.07) is 23.6. The second kappa shape index (κ2) is 18.8. The van der Waals surface area contributed by atoms with Gasteiger partial charge >= 0.3 is 0 Å². The van der Waals surface area contributed by atoms with E-state index in [9.17, 15) is 9.59 Å². The quantitative estimate of drug-likeness (QED) is 0.0742. The molecule has 0 spiro atoms. The van der Waals surface area contributed by atoms with Gasteiger partial charge in [0, 0.05) is 24.5 Å². The topological polar surface area (TPSA) is 45.6 Å². The van der Waals surface area contributed by atoms with Gasteiger partial charge in [-0.1, -0.05) is 154 Å². The Kier molecular flexibility index (Phi) is 13.6. The van der Waals surface area contributed by atoms with Crippen LogP contribution in [0.15, 0.2) is 83.3 Å². The number of aromatic nitrogens is 1. The molecule has 0 aliphatic carbocycles. The number of thiophene rings is 2. The first-order chi connectivity index (χ1) is 27.9. The maximum atomic E-state index is 15.0. The van der Waals surface area contributed by atoms with Crippen LogP contribution in [0, 0.1) is 17.8 Å². The molecular weight excluding hydrogens is 739 g/mol. The Morgan fingerprint density at radius 1 is 0.544 bits per heavy atom. The van der Waals surface area contributed by atoms with Gasteiger partial charge in [0.25, 0.3) is 11.8 Å². The van der Waals surface area contributed by atoms with E-state index in [4.69, 9.17) is 0 Å². The number of nitrogens with zero attached hydrogens (tertiary/aromatic N) is 3. The van der Waals surface area contributed by atoms with Gasteiger partial charge in [-0.15, -0.1) is 22.7 Å². The van der Waals surface area contributed by atoms with Crippen LogP contribution < -0.4 is 0 Å². The van der Waals surface area contributed by atoms with E-state index in [1.54, 1.807) is 0 Å². The molecule has 3 atom stereocenters. The molecule has 5 heterocycles. The number of amides is 2. The molecular formula is C50H63N3O2S2. The van der Waals surface area contributed by atoms with Crippen LogP contribution in [0.3, 0.4) is 0 Å². The van der Waals surface area contributed by atoms with Crippen molar-refractivity contribution in [2.45, 2.75) is 125 Å². The van der Waals surface area contributed by atoms with Crippen LogP contribution in [0.5, 0.6) is 0 Å². The molecule has 5 nitrogen and oxygen atoms in total. The van der Waals surface area contributed by atoms with Crippen molar-refractivity contribution in [3.8, 4) is 10.4 Å². The third-order valence-corrected chi connectivity index (χ3v) is 15.0. The van der Waals surface area contributed by atoms with Gasteiger partial charge in [-0.25, -0.2) is 0 Å². The lowest BCUT2D eigenvalue weighted by Crippen LogP contribution is -2.34. The van der Waals surface area contributed by atoms with Crippen molar-refractivity contribution >= 4 is 66.3 Å². The van der Waals surface area contributed by atoms with E-state index in [0.29, 0.717) is 42.0 Å². The molecule has 3 unspecified atom stereocenters. The molecule has 0 fully saturated rings. The molecule has 2 aliphatic rings. The molecule has 7 heteroatoms. The predicted molar refractivity (Wildman–Crippen MR) is 244 cm³/mol. The van der Waals surface area contributed by atoms with E-state index in [2.05, 4.69) is 100 Å². The monoisotopic (exact) mass is 801 g/mol. The number of fused-ring (bicyclic) bond motifs is 4. The van der Waals surface area contributed by atoms with Crippen LogP contribution in [0.2, 0.25) is 0 Å². The lowest BCUT2D eigenvalue weighted by atomic mass is 9.97. The Bertz CT molecular complexity index is 2220. The minimum absolute atomic E-state index is 0.0267. The van der Waals surface area contributed by atoms with E-state index < -0.39 is 0 Å². The van der Waals surface area contributed by atoms with E-state index in [1.807, 2.05) is 50.7 Å². The summed E-state index contributed by atoms with van der Waals surface area (Å²) in [7, 11) is 0. The normalized spacial score (nSPS) is 16.2. The fraction of sp³-hybridized carbons (Fsp3) is 0.480. The first kappa shape index (κ1) is 41.2. The summed E-state index contributed by atoms with van der Waals surface area (Å²) in [6.45, 7) is 15.9. The average Bonchev–Trinajstić information content (AvgIpc) is 4.05. The van der Waals surface area contributed by atoms with Crippen molar-refractivity contribution in [3.63, 3.8) is 0 Å². The van der Waals surface area contributed by atoms with Crippen LogP contribution in [-0.2, 0) is 16.1 Å². The molecule has 2 amide bonds. The maximum Gasteiger partial charge on any atom is 0.261 e. The van der Waals surface area contributed by atoms with Crippen molar-refractivity contribution < 1.29 is 9.59 Å². The Morgan fingerprint density at radius 3 is 1.54 bits per heavy atom. The van der Waals surface area contributed by atoms with Gasteiger partial charge in [0.1, 0.15) is 0 Å². The number of unbranched alkanes of at least 4 members (excludes halogenated alkanes) is 3. The van der Waals surface area contributed by atoms with E-state index in [0.717, 1.165) is 80.4 Å². The van der Waals surface area contributed by atoms with Crippen LogP contribution in [0.4, 0.5) is 0 Å². The van der Waals surface area contributed by atoms with Gasteiger partial charge in [0.2, 0.25) is 0 Å². The van der Waals surface area contributed by atoms with Gasteiger partial charge in [-0.3, -0.25) is 9.59 Å². The van der Waals surface area contributed by atoms with Crippen LogP contribution in [-0.4, -0.2) is 39.3 Å². The molecule has 2 aromatic carbocycles. The number of hydrogen-bond acceptors (Lipinski definition) is 4. The lowest BCUT2D eigenvalue weighted by molar-refractivity contribution is -0.124. The van der Waals surface area contributed by atoms with Crippen molar-refractivity contribution in [2.24, 2.45) is 17.8 Å². The van der Waals surface area contributed by atoms with Crippen LogP contribution in [0.25, 0.3) is 42.3 Å². The van der Waals surface area contributed by atoms with Crippen LogP contribution >= 0.6 is 22.7 Å². The third-order valence-electron chi connectivity index (χ3n) is 12.8. The van der Waals surface area contributed by atoms with Gasteiger partial charge in [-0.2, -0.15) is 0 Å². The fourth-order valence-corrected chi connectivity index (χ4v) is 11.4. The summed E-state index contributed by atoms with van der Waals surface area (Å²) in [5, 5.41) is 2.24. The number of carbonyl (C=O) groups is 2. The molecule has 2 aliphatic heterocycles. The first-order valence-corrected chi connectivity index (χ1v) is 23.8. The molecule has 0 saturated heterocycles. The highest BCUT2D eigenvalue weighted by molar-refractivity contribution is 7.28. The minimum Gasteiger partial charge on any atom is -0.339 e. The first-order valence-electron chi connectivity index (χ1n) is 22.1. The fourth-order valence-electron chi connectivity index (χ4n) is 9.16. The summed E-state index contributed by atoms with van der Waals surface area (Å²) < 4.78 is 5.35. The predicted octanol–water partition coefficient (Wildman–Crippen LogP) is 14.0. The van der Waals surface area contributed by atoms with Crippen molar-refractivity contribution in [1.29, 1.82) is 0 Å². The van der Waals surface area contributed by atoms with E-state index in [-0.39, 0.29) is 11.8 Å². The zero-order valence-corrected chi connectivity index (χ0v) is 36.9. The summed E-state index contributed by atoms with van der Waals surface area (Å²) in [6.07, 6.45) is 13.7. The molecule has 7 rings (SSSR count). The van der Waals surface area contributed by atoms with Gasteiger partial charge < -0.3 is 14.4 Å². The number of carbonyl (C=O) groups excluding carboxylic acids is 2. The highest BCUT2D eigenvalue weighted by atomic mass is 32.1. The summed E-state index contributed by atoms with van der Waals surface area (Å²) >= 11 is 3.74. The Labute approximate surface area is 349 Å². The standard InChI is InChI=1S/C50H63N3O2S2/c1-7-13-19-34(10-4)31-51-40-28-29-56-47(40)48-41(51)30-42(57-48)37-24-26-39(27-25-37)46-44-43(49(54)53(46)33-36(12-6)21-15-9-3)45(38-22-17-16-18-23-38)52(50(44)55)32-35(11-5)20-14-8-2/h16-18,22-30,34-36H,7-15,19-21,31-33H2,1-6H3. The largest absolute Gasteiger partial charge is 0.339 e. The number of rotatable bonds is 21. The third kappa shape index (κ3) is 8.21. The zero-order valence-electron chi connectivity index (χ0n) is 35.2. The minimum atomic E-state index is -0.0267. The van der Waals surface area contributed by atoms with Crippen molar-refractivity contribution in [1.82, 2.24) is 14.4 Å². The SMILES string of the molecule is CCCCC(CC)CN1C(=O)C2=C(c3ccc(-c4cc5c(s4)c4sccc4n5CC(CC)CCCC)cc3)N(CC(CC)CCCC)C(=O)C2=C1c1ccccc1. The molecule has 0 bridgehead atoms. The number of benzene rings is 2. The molecule has 302 valence electrons. The smallest absolute Gasteiger partial charge is 0.261 e. The maximum absolute atomic E-state index is 15.0. The van der Waals surface area contributed by atoms with E-state index in [1.165, 1.54) is 56.6 Å². The molecule has 0 saturated carbocycles. The highest BCUT2D eigenvalue weighted by Gasteiger charge is 2.49. The van der Waals surface area contributed by atoms with Gasteiger partial charge in [0.15, 0.2) is 0 Å². The lowest BCUT2D eigenvalue weighted by Gasteiger charge is -2.29. The van der Waals surface area contributed by atoms with Crippen LogP contribution in [0.1, 0.15) is 130 Å². The Balaban J connectivity index is 1.31. The second-order valence-electron chi connectivity index (χ2n) is 16.5. The second-order valence-corrected chi connectivity index (χ2v) is 18.5. The summed E-state index contributed by atoms with van der Waals surface area (Å²) in [5.74, 6) is 1.35. The van der Waals surface area contributed by atoms with Crippen molar-refractivity contribution in [3.05, 3.63) is 94.4 Å². The van der Waals surface area contributed by atoms with Crippen molar-refractivity contribution in [2.75, 3.05) is 13.1 Å². The molecule has 3 aromatic heterocycles. The highest BCUT2D eigenvalue weighted by Crippen LogP contribution is 2.48. The molecule has 57 heavy (non-hydrogen) atoms. The van der Waals surface area contributed by atoms with Gasteiger partial charge in [-0.05, 0) is 71.2 Å². The average molecular weight is 802 g/mol. The van der Waals surface area contributed by atoms with E-state index >= 15 is 0 Å². The zero-order chi connectivity index (χ0) is 40.1. The number of hydrogen-bond donors (Lipinski definition) is 0. The Hall–Kier alpha value is -3.94. The summed E-state index contributed by atoms with van der Waals surface area (Å²) in [4.78, 5) is 35.2. The summed E-state index contributed by atoms with van der Waals surface area (Å²) in [5.41, 5.74) is 8.52.